The Balaban J connectivity index is 1.16. The van der Waals surface area contributed by atoms with Gasteiger partial charge in [0, 0.05) is 48.7 Å². The molecular formula is C36H35N7O4. The smallest absolute Gasteiger partial charge is 0.326 e. The molecule has 1 saturated heterocycles. The van der Waals surface area contributed by atoms with Crippen LogP contribution in [-0.2, 0) is 13.6 Å². The fraction of sp³-hybridized carbons (Fsp3) is 0.333. The van der Waals surface area contributed by atoms with Gasteiger partial charge >= 0.3 is 5.69 Å². The van der Waals surface area contributed by atoms with E-state index in [-0.39, 0.29) is 18.0 Å². The maximum Gasteiger partial charge on any atom is 0.326 e. The topological polar surface area (TPSA) is 144 Å². The highest BCUT2D eigenvalue weighted by molar-refractivity contribution is 6.01. The highest BCUT2D eigenvalue weighted by Gasteiger charge is 2.47. The van der Waals surface area contributed by atoms with Gasteiger partial charge in [-0.2, -0.15) is 0 Å². The molecule has 1 aliphatic heterocycles. The SMILES string of the molecule is COc1cc(C(=O)N2C[C@H]3CC[C@@H]2[C@@H]3N)cc2nc(-c3cc4ccc(-c5ccc6[nH]c(=O)[nH]c(=O)c6c5)cc4n3CC3CC3)n(C)c12. The summed E-state index contributed by atoms with van der Waals surface area (Å²) in [7, 11) is 3.63. The molecule has 6 aromatic rings. The van der Waals surface area contributed by atoms with Crippen LogP contribution >= 0.6 is 0 Å². The Hall–Kier alpha value is -5.16. The molecule has 1 amide bonds. The van der Waals surface area contributed by atoms with Crippen molar-refractivity contribution in [2.75, 3.05) is 13.7 Å². The van der Waals surface area contributed by atoms with Gasteiger partial charge < -0.3 is 29.5 Å². The Morgan fingerprint density at radius 3 is 2.55 bits per heavy atom. The fourth-order valence-corrected chi connectivity index (χ4v) is 7.99. The number of hydrogen-bond acceptors (Lipinski definition) is 6. The van der Waals surface area contributed by atoms with Gasteiger partial charge in [0.2, 0.25) is 0 Å². The highest BCUT2D eigenvalue weighted by atomic mass is 16.5. The number of aryl methyl sites for hydroxylation is 1. The van der Waals surface area contributed by atoms with E-state index in [1.165, 1.54) is 12.8 Å². The average Bonchev–Trinajstić information content (AvgIpc) is 3.47. The fourth-order valence-electron chi connectivity index (χ4n) is 7.99. The maximum absolute atomic E-state index is 13.8. The molecule has 4 N–H and O–H groups in total. The summed E-state index contributed by atoms with van der Waals surface area (Å²) in [5, 5.41) is 1.52. The van der Waals surface area contributed by atoms with E-state index in [4.69, 9.17) is 15.5 Å². The van der Waals surface area contributed by atoms with Crippen molar-refractivity contribution in [1.82, 2.24) is 29.0 Å². The van der Waals surface area contributed by atoms with Crippen LogP contribution in [0.4, 0.5) is 0 Å². The van der Waals surface area contributed by atoms with E-state index in [2.05, 4.69) is 43.4 Å². The standard InChI is InChI=1S/C36H35N7O4/c1-41-32-26(12-23(15-30(32)47-2)35(45)43-17-22-8-10-27(43)31(22)37)38-33(41)29-14-21-6-5-20(13-28(21)42(29)16-18-3-4-18)19-7-9-25-24(11-19)34(44)40-36(46)39-25/h5-7,9,11-15,18,22,27,31H,3-4,8,10,16-17,37H2,1-2H3,(H2,39,40,44,46)/t22-,27-,31-/m1/s1. The number of hydrogen-bond donors (Lipinski definition) is 3. The molecule has 0 unspecified atom stereocenters. The lowest BCUT2D eigenvalue weighted by molar-refractivity contribution is 0.0700. The number of carbonyl (C=O) groups is 1. The summed E-state index contributed by atoms with van der Waals surface area (Å²) in [5.74, 6) is 2.36. The normalized spacial score (nSPS) is 20.7. The number of carbonyl (C=O) groups excluding carboxylic acids is 1. The molecule has 11 nitrogen and oxygen atoms in total. The molecule has 3 fully saturated rings. The van der Waals surface area contributed by atoms with Gasteiger partial charge in [0.25, 0.3) is 11.5 Å². The molecule has 2 bridgehead atoms. The van der Waals surface area contributed by atoms with Crippen LogP contribution in [0.3, 0.4) is 0 Å². The van der Waals surface area contributed by atoms with Gasteiger partial charge in [0.1, 0.15) is 11.3 Å². The number of nitrogens with two attached hydrogens (primary N) is 1. The van der Waals surface area contributed by atoms with E-state index >= 15 is 0 Å². The predicted molar refractivity (Wildman–Crippen MR) is 181 cm³/mol. The van der Waals surface area contributed by atoms with Crippen LogP contribution in [0.15, 0.2) is 64.2 Å². The first kappa shape index (κ1) is 28.1. The molecule has 2 aliphatic carbocycles. The number of nitrogens with zero attached hydrogens (tertiary/aromatic N) is 4. The number of H-pyrrole nitrogens is 2. The van der Waals surface area contributed by atoms with E-state index in [0.717, 1.165) is 58.5 Å². The van der Waals surface area contributed by atoms with Gasteiger partial charge in [-0.3, -0.25) is 14.6 Å². The molecule has 3 aromatic heterocycles. The van der Waals surface area contributed by atoms with Gasteiger partial charge in [0.05, 0.1) is 29.2 Å². The largest absolute Gasteiger partial charge is 0.494 e. The quantitative estimate of drug-likeness (QED) is 0.250. The van der Waals surface area contributed by atoms with Crippen molar-refractivity contribution in [3.8, 4) is 28.4 Å². The number of ether oxygens (including phenoxy) is 1. The number of methoxy groups -OCH3 is 1. The van der Waals surface area contributed by atoms with Gasteiger partial charge in [-0.25, -0.2) is 9.78 Å². The van der Waals surface area contributed by atoms with Crippen LogP contribution in [0.5, 0.6) is 5.75 Å². The minimum Gasteiger partial charge on any atom is -0.494 e. The second-order valence-electron chi connectivity index (χ2n) is 13.5. The number of fused-ring (bicyclic) bond motifs is 5. The van der Waals surface area contributed by atoms with Crippen molar-refractivity contribution in [1.29, 1.82) is 0 Å². The summed E-state index contributed by atoms with van der Waals surface area (Å²) in [4.78, 5) is 50.1. The lowest BCUT2D eigenvalue weighted by Gasteiger charge is -2.27. The first-order valence-electron chi connectivity index (χ1n) is 16.3. The number of rotatable bonds is 6. The number of imidazole rings is 1. The van der Waals surface area contributed by atoms with Crippen molar-refractivity contribution < 1.29 is 9.53 Å². The Bertz CT molecular complexity index is 2390. The summed E-state index contributed by atoms with van der Waals surface area (Å²) < 4.78 is 10.3. The van der Waals surface area contributed by atoms with Gasteiger partial charge in [-0.05, 0) is 85.0 Å². The molecule has 3 atom stereocenters. The van der Waals surface area contributed by atoms with Crippen LogP contribution in [0.2, 0.25) is 0 Å². The molecular weight excluding hydrogens is 594 g/mol. The van der Waals surface area contributed by atoms with E-state index in [9.17, 15) is 14.4 Å². The van der Waals surface area contributed by atoms with Crippen molar-refractivity contribution in [3.05, 3.63) is 81.0 Å². The van der Waals surface area contributed by atoms with Crippen LogP contribution < -0.4 is 21.7 Å². The summed E-state index contributed by atoms with van der Waals surface area (Å²) in [5.41, 5.74) is 12.0. The molecule has 2 saturated carbocycles. The van der Waals surface area contributed by atoms with Crippen molar-refractivity contribution in [2.24, 2.45) is 24.6 Å². The molecule has 0 spiro atoms. The van der Waals surface area contributed by atoms with Crippen LogP contribution in [0.1, 0.15) is 36.0 Å². The summed E-state index contributed by atoms with van der Waals surface area (Å²) >= 11 is 0. The molecule has 47 heavy (non-hydrogen) atoms. The zero-order valence-corrected chi connectivity index (χ0v) is 26.2. The third-order valence-corrected chi connectivity index (χ3v) is 10.7. The van der Waals surface area contributed by atoms with Gasteiger partial charge in [-0.1, -0.05) is 18.2 Å². The minimum absolute atomic E-state index is 0.0162. The number of aromatic nitrogens is 5. The summed E-state index contributed by atoms with van der Waals surface area (Å²) in [6, 6.07) is 17.9. The first-order chi connectivity index (χ1) is 22.8. The van der Waals surface area contributed by atoms with Crippen molar-refractivity contribution in [2.45, 2.75) is 44.3 Å². The number of likely N-dealkylation sites (tertiary alicyclic amines) is 1. The number of aromatic amines is 2. The molecule has 0 radical (unpaired) electrons. The molecule has 4 heterocycles. The lowest BCUT2D eigenvalue weighted by atomic mass is 10.0. The first-order valence-corrected chi connectivity index (χ1v) is 16.3. The maximum atomic E-state index is 13.8. The zero-order chi connectivity index (χ0) is 32.1. The second-order valence-corrected chi connectivity index (χ2v) is 13.5. The third kappa shape index (κ3) is 4.36. The van der Waals surface area contributed by atoms with Crippen LogP contribution in [0, 0.1) is 11.8 Å². The Morgan fingerprint density at radius 1 is 1.00 bits per heavy atom. The second kappa shape index (κ2) is 10.2. The minimum atomic E-state index is -0.521. The van der Waals surface area contributed by atoms with E-state index in [1.54, 1.807) is 13.2 Å². The third-order valence-electron chi connectivity index (χ3n) is 10.7. The van der Waals surface area contributed by atoms with Crippen LogP contribution in [0.25, 0.3) is 55.5 Å². The number of amides is 1. The Morgan fingerprint density at radius 2 is 1.81 bits per heavy atom. The van der Waals surface area contributed by atoms with Gasteiger partial charge in [0.15, 0.2) is 5.82 Å². The molecule has 9 rings (SSSR count). The van der Waals surface area contributed by atoms with E-state index in [0.29, 0.717) is 46.1 Å². The number of benzene rings is 3. The summed E-state index contributed by atoms with van der Waals surface area (Å²) in [6.07, 6.45) is 4.42. The van der Waals surface area contributed by atoms with Gasteiger partial charge in [-0.15, -0.1) is 0 Å². The number of piperidine rings is 1. The monoisotopic (exact) mass is 629 g/mol. The zero-order valence-electron chi connectivity index (χ0n) is 26.2. The molecule has 11 heteroatoms. The Labute approximate surface area is 269 Å². The average molecular weight is 630 g/mol. The molecule has 3 aromatic carbocycles. The van der Waals surface area contributed by atoms with E-state index in [1.807, 2.05) is 36.2 Å². The predicted octanol–water partition coefficient (Wildman–Crippen LogP) is 4.37. The van der Waals surface area contributed by atoms with Crippen LogP contribution in [-0.4, -0.2) is 60.6 Å². The molecule has 238 valence electrons. The van der Waals surface area contributed by atoms with Crippen molar-refractivity contribution in [3.63, 3.8) is 0 Å². The number of nitrogens with one attached hydrogen (secondary N) is 2. The molecule has 3 aliphatic rings. The summed E-state index contributed by atoms with van der Waals surface area (Å²) in [6.45, 7) is 1.57. The lowest BCUT2D eigenvalue weighted by Crippen LogP contribution is -2.41. The Kier molecular flexibility index (Phi) is 6.08. The van der Waals surface area contributed by atoms with E-state index < -0.39 is 11.2 Å². The van der Waals surface area contributed by atoms with Crippen molar-refractivity contribution >= 4 is 38.7 Å². The highest BCUT2D eigenvalue weighted by Crippen LogP contribution is 2.41.